The molecule has 0 radical (unpaired) electrons. The molecule has 1 N–H and O–H groups in total. The zero-order chi connectivity index (χ0) is 19.8. The monoisotopic (exact) mass is 463 g/mol. The quantitative estimate of drug-likeness (QED) is 0.319. The molecule has 2 aromatic heterocycles. The highest BCUT2D eigenvalue weighted by atomic mass is 79.9. The van der Waals surface area contributed by atoms with Crippen LogP contribution in [-0.2, 0) is 6.61 Å². The Balaban J connectivity index is 1.68. The van der Waals surface area contributed by atoms with E-state index in [9.17, 15) is 0 Å². The van der Waals surface area contributed by atoms with Crippen molar-refractivity contribution in [2.75, 3.05) is 0 Å². The average molecular weight is 465 g/mol. The molecule has 0 saturated heterocycles. The van der Waals surface area contributed by atoms with Crippen molar-refractivity contribution in [3.05, 3.63) is 87.9 Å². The van der Waals surface area contributed by atoms with E-state index in [0.717, 1.165) is 37.5 Å². The minimum atomic E-state index is 0.420. The van der Waals surface area contributed by atoms with Crippen LogP contribution in [0.25, 0.3) is 33.3 Å². The van der Waals surface area contributed by atoms with Gasteiger partial charge in [-0.2, -0.15) is 0 Å². The molecule has 0 aliphatic carbocycles. The molecular weight excluding hydrogens is 450 g/mol. The number of aromatic nitrogens is 3. The van der Waals surface area contributed by atoms with Crippen LogP contribution in [0.15, 0.2) is 77.3 Å². The summed E-state index contributed by atoms with van der Waals surface area (Å²) in [6, 6.07) is 23.6. The topological polar surface area (TPSA) is 50.8 Å². The second-order valence-corrected chi connectivity index (χ2v) is 7.96. The van der Waals surface area contributed by atoms with Crippen molar-refractivity contribution in [3.8, 4) is 17.3 Å². The van der Waals surface area contributed by atoms with Crippen LogP contribution in [-0.4, -0.2) is 15.0 Å². The summed E-state index contributed by atoms with van der Waals surface area (Å²) < 4.78 is 7.05. The molecule has 0 amide bonds. The van der Waals surface area contributed by atoms with Gasteiger partial charge in [0.05, 0.1) is 10.5 Å². The molecular formula is C23H15BrClN3O. The molecule has 0 atom stereocenters. The lowest BCUT2D eigenvalue weighted by Gasteiger charge is -2.08. The van der Waals surface area contributed by atoms with Crippen LogP contribution in [0.2, 0.25) is 5.02 Å². The van der Waals surface area contributed by atoms with Crippen LogP contribution in [0.3, 0.4) is 0 Å². The smallest absolute Gasteiger partial charge is 0.241 e. The summed E-state index contributed by atoms with van der Waals surface area (Å²) >= 11 is 9.91. The number of pyridine rings is 1. The molecule has 0 saturated carbocycles. The number of nitrogens with one attached hydrogen (secondary N) is 1. The predicted molar refractivity (Wildman–Crippen MR) is 120 cm³/mol. The summed E-state index contributed by atoms with van der Waals surface area (Å²) in [6.07, 6.45) is 0. The van der Waals surface area contributed by atoms with Crippen LogP contribution in [0, 0.1) is 0 Å². The van der Waals surface area contributed by atoms with Crippen LogP contribution >= 0.6 is 27.5 Å². The predicted octanol–water partition coefficient (Wildman–Crippen LogP) is 6.77. The first-order valence-electron chi connectivity index (χ1n) is 9.09. The number of benzene rings is 3. The lowest BCUT2D eigenvalue weighted by atomic mass is 10.2. The van der Waals surface area contributed by atoms with E-state index in [1.54, 1.807) is 0 Å². The fourth-order valence-electron chi connectivity index (χ4n) is 3.30. The molecule has 5 aromatic rings. The molecule has 0 spiro atoms. The maximum absolute atomic E-state index is 6.39. The molecule has 0 aliphatic heterocycles. The van der Waals surface area contributed by atoms with Gasteiger partial charge in [-0.25, -0.2) is 9.97 Å². The molecule has 0 unspecified atom stereocenters. The molecule has 0 fully saturated rings. The van der Waals surface area contributed by atoms with Crippen molar-refractivity contribution >= 4 is 49.5 Å². The minimum absolute atomic E-state index is 0.420. The normalized spacial score (nSPS) is 11.2. The molecule has 3 aromatic carbocycles. The van der Waals surface area contributed by atoms with Gasteiger partial charge in [0.25, 0.3) is 0 Å². The Morgan fingerprint density at radius 1 is 0.931 bits per heavy atom. The first-order chi connectivity index (χ1) is 14.2. The van der Waals surface area contributed by atoms with E-state index in [2.05, 4.69) is 20.9 Å². The molecule has 142 valence electrons. The van der Waals surface area contributed by atoms with Crippen LogP contribution < -0.4 is 4.74 Å². The van der Waals surface area contributed by atoms with E-state index in [4.69, 9.17) is 26.3 Å². The lowest BCUT2D eigenvalue weighted by molar-refractivity contribution is 0.298. The number of imidazole rings is 1. The Morgan fingerprint density at radius 2 is 1.72 bits per heavy atom. The summed E-state index contributed by atoms with van der Waals surface area (Å²) in [6.45, 7) is 0.420. The van der Waals surface area contributed by atoms with Crippen molar-refractivity contribution < 1.29 is 4.74 Å². The van der Waals surface area contributed by atoms with Gasteiger partial charge in [0, 0.05) is 15.4 Å². The van der Waals surface area contributed by atoms with Crippen molar-refractivity contribution in [3.63, 3.8) is 0 Å². The van der Waals surface area contributed by atoms with Crippen LogP contribution in [0.5, 0.6) is 5.88 Å². The van der Waals surface area contributed by atoms with E-state index in [1.807, 2.05) is 72.8 Å². The van der Waals surface area contributed by atoms with Gasteiger partial charge in [-0.05, 0) is 35.9 Å². The van der Waals surface area contributed by atoms with Crippen molar-refractivity contribution in [2.24, 2.45) is 0 Å². The molecule has 0 aliphatic rings. The Morgan fingerprint density at radius 3 is 2.55 bits per heavy atom. The number of ether oxygens (including phenoxy) is 1. The number of nitrogens with zero attached hydrogens (tertiary/aromatic N) is 2. The van der Waals surface area contributed by atoms with Gasteiger partial charge in [-0.3, -0.25) is 0 Å². The highest BCUT2D eigenvalue weighted by molar-refractivity contribution is 9.10. The fraction of sp³-hybridized carbons (Fsp3) is 0.0435. The lowest BCUT2D eigenvalue weighted by Crippen LogP contribution is -1.98. The van der Waals surface area contributed by atoms with Gasteiger partial charge in [-0.15, -0.1) is 0 Å². The number of fused-ring (bicyclic) bond motifs is 3. The summed E-state index contributed by atoms with van der Waals surface area (Å²) in [5.74, 6) is 1.20. The number of H-pyrrole nitrogens is 1. The van der Waals surface area contributed by atoms with Crippen LogP contribution in [0.4, 0.5) is 0 Å². The Hall–Kier alpha value is -2.89. The number of hydrogen-bond acceptors (Lipinski definition) is 3. The Labute approximate surface area is 180 Å². The Kier molecular flexibility index (Phi) is 4.70. The summed E-state index contributed by atoms with van der Waals surface area (Å²) in [5, 5.41) is 1.59. The average Bonchev–Trinajstić information content (AvgIpc) is 3.18. The molecule has 5 rings (SSSR count). The third-order valence-corrected chi connectivity index (χ3v) is 5.52. The first kappa shape index (κ1) is 18.2. The standard InChI is InChI=1S/C23H15BrClN3O/c24-15-10-11-17-19(12-15)26-23(29-13-14-6-2-1-3-7-14)21-20(17)27-22(28-21)16-8-4-5-9-18(16)25/h1-12H,13H2,(H,27,28). The maximum Gasteiger partial charge on any atom is 0.241 e. The summed E-state index contributed by atoms with van der Waals surface area (Å²) in [7, 11) is 0. The SMILES string of the molecule is Clc1ccccc1-c1nc2c([nH]1)c(OCc1ccccc1)nc1cc(Br)ccc12. The zero-order valence-corrected chi connectivity index (χ0v) is 17.5. The van der Waals surface area contributed by atoms with E-state index in [1.165, 1.54) is 0 Å². The van der Waals surface area contributed by atoms with E-state index < -0.39 is 0 Å². The fourth-order valence-corrected chi connectivity index (χ4v) is 3.87. The van der Waals surface area contributed by atoms with Gasteiger partial charge in [0.15, 0.2) is 0 Å². The van der Waals surface area contributed by atoms with Crippen molar-refractivity contribution in [1.29, 1.82) is 0 Å². The number of hydrogen-bond donors (Lipinski definition) is 1. The van der Waals surface area contributed by atoms with Gasteiger partial charge in [0.2, 0.25) is 5.88 Å². The minimum Gasteiger partial charge on any atom is -0.471 e. The molecule has 2 heterocycles. The van der Waals surface area contributed by atoms with E-state index in [-0.39, 0.29) is 0 Å². The van der Waals surface area contributed by atoms with Gasteiger partial charge >= 0.3 is 0 Å². The van der Waals surface area contributed by atoms with E-state index in [0.29, 0.717) is 23.3 Å². The molecule has 6 heteroatoms. The Bertz CT molecular complexity index is 1330. The second kappa shape index (κ2) is 7.50. The molecule has 29 heavy (non-hydrogen) atoms. The van der Waals surface area contributed by atoms with E-state index >= 15 is 0 Å². The highest BCUT2D eigenvalue weighted by Crippen LogP contribution is 2.34. The highest BCUT2D eigenvalue weighted by Gasteiger charge is 2.17. The summed E-state index contributed by atoms with van der Waals surface area (Å²) in [4.78, 5) is 13.0. The maximum atomic E-state index is 6.39. The van der Waals surface area contributed by atoms with Crippen molar-refractivity contribution in [1.82, 2.24) is 15.0 Å². The zero-order valence-electron chi connectivity index (χ0n) is 15.2. The third-order valence-electron chi connectivity index (χ3n) is 4.70. The first-order valence-corrected chi connectivity index (χ1v) is 10.3. The van der Waals surface area contributed by atoms with Gasteiger partial charge in [-0.1, -0.05) is 70.0 Å². The summed E-state index contributed by atoms with van der Waals surface area (Å²) in [5.41, 5.74) is 4.28. The third kappa shape index (κ3) is 3.48. The second-order valence-electron chi connectivity index (χ2n) is 6.64. The van der Waals surface area contributed by atoms with Gasteiger partial charge in [0.1, 0.15) is 23.5 Å². The van der Waals surface area contributed by atoms with Gasteiger partial charge < -0.3 is 9.72 Å². The number of aromatic amines is 1. The van der Waals surface area contributed by atoms with Crippen LogP contribution in [0.1, 0.15) is 5.56 Å². The largest absolute Gasteiger partial charge is 0.471 e. The number of rotatable bonds is 4. The number of halogens is 2. The molecule has 0 bridgehead atoms. The molecule has 4 nitrogen and oxygen atoms in total. The van der Waals surface area contributed by atoms with Crippen molar-refractivity contribution in [2.45, 2.75) is 6.61 Å².